The highest BCUT2D eigenvalue weighted by Gasteiger charge is 2.52. The van der Waals surface area contributed by atoms with Gasteiger partial charge in [0.2, 0.25) is 0 Å². The maximum Gasteiger partial charge on any atom is 0.497 e. The van der Waals surface area contributed by atoms with Crippen LogP contribution >= 0.6 is 0 Å². The number of hydrogen-bond acceptors (Lipinski definition) is 4. The van der Waals surface area contributed by atoms with Crippen molar-refractivity contribution < 1.29 is 18.5 Å². The molecule has 0 atom stereocenters. The van der Waals surface area contributed by atoms with Gasteiger partial charge in [0.05, 0.1) is 11.2 Å². The Hall–Kier alpha value is -1.44. The quantitative estimate of drug-likeness (QED) is 0.743. The Morgan fingerprint density at radius 2 is 1.67 bits per heavy atom. The lowest BCUT2D eigenvalue weighted by Crippen LogP contribution is -2.58. The zero-order chi connectivity index (χ0) is 20.2. The van der Waals surface area contributed by atoms with E-state index < -0.39 is 24.1 Å². The number of halogens is 1. The number of hydrogen-bond donors (Lipinski definition) is 0. The van der Waals surface area contributed by atoms with Crippen molar-refractivity contribution in [3.05, 3.63) is 29.6 Å². The fourth-order valence-electron chi connectivity index (χ4n) is 3.42. The molecule has 0 radical (unpaired) electrons. The molecule has 3 rings (SSSR count). The minimum Gasteiger partial charge on any atom is -0.399 e. The molecular weight excluding hydrogens is 346 g/mol. The molecule has 1 amide bonds. The first-order chi connectivity index (χ1) is 12.3. The normalized spacial score (nSPS) is 24.3. The summed E-state index contributed by atoms with van der Waals surface area (Å²) in [5, 5.41) is 0. The predicted molar refractivity (Wildman–Crippen MR) is 105 cm³/mol. The van der Waals surface area contributed by atoms with Gasteiger partial charge in [-0.2, -0.15) is 0 Å². The largest absolute Gasteiger partial charge is 0.497 e. The van der Waals surface area contributed by atoms with Crippen LogP contribution in [0.2, 0.25) is 0 Å². The van der Waals surface area contributed by atoms with Gasteiger partial charge >= 0.3 is 7.12 Å². The average Bonchev–Trinajstić information content (AvgIpc) is 2.76. The van der Waals surface area contributed by atoms with E-state index in [9.17, 15) is 9.18 Å². The Bertz CT molecular complexity index is 735. The summed E-state index contributed by atoms with van der Waals surface area (Å²) in [7, 11) is 1.28. The highest BCUT2D eigenvalue weighted by molar-refractivity contribution is 6.62. The molecule has 0 bridgehead atoms. The Morgan fingerprint density at radius 3 is 2.19 bits per heavy atom. The minimum absolute atomic E-state index is 0.102. The Labute approximate surface area is 161 Å². The number of likely N-dealkylation sites (N-methyl/N-ethyl adjacent to an activating group) is 1. The van der Waals surface area contributed by atoms with E-state index in [2.05, 4.69) is 25.8 Å². The van der Waals surface area contributed by atoms with Gasteiger partial charge in [0.15, 0.2) is 0 Å². The first-order valence-corrected chi connectivity index (χ1v) is 9.50. The summed E-state index contributed by atoms with van der Waals surface area (Å²) in [6.45, 7) is 14.0. The van der Waals surface area contributed by atoms with Crippen LogP contribution in [0.1, 0.15) is 51.9 Å². The molecule has 2 heterocycles. The van der Waals surface area contributed by atoms with Gasteiger partial charge in [0, 0.05) is 36.2 Å². The Morgan fingerprint density at radius 1 is 1.07 bits per heavy atom. The maximum absolute atomic E-state index is 14.8. The van der Waals surface area contributed by atoms with Crippen LogP contribution in [-0.4, -0.2) is 66.2 Å². The van der Waals surface area contributed by atoms with Crippen molar-refractivity contribution in [1.29, 1.82) is 0 Å². The van der Waals surface area contributed by atoms with E-state index in [-0.39, 0.29) is 11.4 Å². The molecule has 0 aromatic heterocycles. The van der Waals surface area contributed by atoms with Crippen molar-refractivity contribution in [1.82, 2.24) is 9.80 Å². The summed E-state index contributed by atoms with van der Waals surface area (Å²) in [6.07, 6.45) is 0. The molecule has 0 spiro atoms. The molecule has 2 aliphatic heterocycles. The second-order valence-corrected chi connectivity index (χ2v) is 9.29. The molecule has 2 fully saturated rings. The molecule has 27 heavy (non-hydrogen) atoms. The predicted octanol–water partition coefficient (Wildman–Crippen LogP) is 2.29. The third kappa shape index (κ3) is 3.65. The van der Waals surface area contributed by atoms with Crippen molar-refractivity contribution in [2.24, 2.45) is 0 Å². The number of nitrogens with zero attached hydrogens (tertiary/aromatic N) is 2. The smallest absolute Gasteiger partial charge is 0.399 e. The second-order valence-electron chi connectivity index (χ2n) is 9.29. The number of piperazine rings is 1. The summed E-state index contributed by atoms with van der Waals surface area (Å²) in [5.74, 6) is -0.622. The summed E-state index contributed by atoms with van der Waals surface area (Å²) < 4.78 is 26.7. The van der Waals surface area contributed by atoms with Crippen LogP contribution < -0.4 is 5.46 Å². The van der Waals surface area contributed by atoms with E-state index in [1.807, 2.05) is 27.7 Å². The third-order valence-corrected chi connectivity index (χ3v) is 6.36. The highest BCUT2D eigenvalue weighted by Crippen LogP contribution is 2.36. The minimum atomic E-state index is -0.776. The Kier molecular flexibility index (Phi) is 4.94. The van der Waals surface area contributed by atoms with E-state index in [1.54, 1.807) is 17.0 Å². The van der Waals surface area contributed by atoms with Crippen LogP contribution in [0.15, 0.2) is 18.2 Å². The number of benzene rings is 1. The van der Waals surface area contributed by atoms with Crippen LogP contribution in [0.4, 0.5) is 4.39 Å². The summed E-state index contributed by atoms with van der Waals surface area (Å²) in [4.78, 5) is 16.9. The van der Waals surface area contributed by atoms with Crippen LogP contribution in [0.25, 0.3) is 0 Å². The van der Waals surface area contributed by atoms with E-state index in [0.717, 1.165) is 6.54 Å². The van der Waals surface area contributed by atoms with Gasteiger partial charge in [-0.25, -0.2) is 4.39 Å². The second kappa shape index (κ2) is 6.57. The molecule has 1 aromatic rings. The molecule has 2 aliphatic rings. The molecule has 2 saturated heterocycles. The van der Waals surface area contributed by atoms with Gasteiger partial charge in [-0.1, -0.05) is 6.07 Å². The van der Waals surface area contributed by atoms with Crippen molar-refractivity contribution in [2.75, 3.05) is 26.7 Å². The van der Waals surface area contributed by atoms with Crippen molar-refractivity contribution in [3.63, 3.8) is 0 Å². The van der Waals surface area contributed by atoms with Crippen LogP contribution in [0.5, 0.6) is 0 Å². The summed E-state index contributed by atoms with van der Waals surface area (Å²) in [6, 6.07) is 4.57. The van der Waals surface area contributed by atoms with Gasteiger partial charge in [0.25, 0.3) is 5.91 Å². The van der Waals surface area contributed by atoms with E-state index in [0.29, 0.717) is 24.1 Å². The molecule has 0 N–H and O–H groups in total. The molecule has 7 heteroatoms. The summed E-state index contributed by atoms with van der Waals surface area (Å²) in [5.41, 5.74) is -0.500. The van der Waals surface area contributed by atoms with Gasteiger partial charge in [-0.05, 0) is 60.7 Å². The number of carbonyl (C=O) groups is 1. The molecule has 1 aromatic carbocycles. The fourth-order valence-corrected chi connectivity index (χ4v) is 3.42. The zero-order valence-corrected chi connectivity index (χ0v) is 17.4. The number of rotatable bonds is 2. The van der Waals surface area contributed by atoms with E-state index in [1.165, 1.54) is 6.07 Å². The van der Waals surface area contributed by atoms with Crippen molar-refractivity contribution in [3.8, 4) is 0 Å². The molecule has 148 valence electrons. The lowest BCUT2D eigenvalue weighted by molar-refractivity contribution is 0.00578. The van der Waals surface area contributed by atoms with E-state index >= 15 is 0 Å². The standard InChI is InChI=1S/C20H30BFN2O3/c1-18(2)13-24(11-10-23(18)7)17(25)14-8-9-15(16(22)12-14)21-26-19(3,4)20(5,6)27-21/h8-9,12H,10-11,13H2,1-7H3. The fraction of sp³-hybridized carbons (Fsp3) is 0.650. The topological polar surface area (TPSA) is 42.0 Å². The molecule has 0 aliphatic carbocycles. The summed E-state index contributed by atoms with van der Waals surface area (Å²) >= 11 is 0. The van der Waals surface area contributed by atoms with Crippen LogP contribution in [-0.2, 0) is 9.31 Å². The average molecular weight is 376 g/mol. The van der Waals surface area contributed by atoms with E-state index in [4.69, 9.17) is 9.31 Å². The molecular formula is C20H30BFN2O3. The molecule has 0 saturated carbocycles. The monoisotopic (exact) mass is 376 g/mol. The van der Waals surface area contributed by atoms with Crippen molar-refractivity contribution in [2.45, 2.75) is 58.3 Å². The van der Waals surface area contributed by atoms with Crippen LogP contribution in [0, 0.1) is 5.82 Å². The molecule has 0 unspecified atom stereocenters. The third-order valence-electron chi connectivity index (χ3n) is 6.36. The van der Waals surface area contributed by atoms with Crippen molar-refractivity contribution >= 4 is 18.5 Å². The van der Waals surface area contributed by atoms with Gasteiger partial charge < -0.3 is 14.2 Å². The first-order valence-electron chi connectivity index (χ1n) is 9.50. The molecule has 5 nitrogen and oxygen atoms in total. The highest BCUT2D eigenvalue weighted by atomic mass is 19.1. The maximum atomic E-state index is 14.8. The SMILES string of the molecule is CN1CCN(C(=O)c2ccc(B3OC(C)(C)C(C)(C)O3)c(F)c2)CC1(C)C. The van der Waals surface area contributed by atoms with Gasteiger partial charge in [-0.3, -0.25) is 9.69 Å². The Balaban J connectivity index is 1.79. The number of amides is 1. The first kappa shape index (κ1) is 20.3. The van der Waals surface area contributed by atoms with Crippen LogP contribution in [0.3, 0.4) is 0 Å². The lowest BCUT2D eigenvalue weighted by atomic mass is 9.78. The zero-order valence-electron chi connectivity index (χ0n) is 17.4. The lowest BCUT2D eigenvalue weighted by Gasteiger charge is -2.45. The number of carbonyl (C=O) groups excluding carboxylic acids is 1. The van der Waals surface area contributed by atoms with Gasteiger partial charge in [-0.15, -0.1) is 0 Å². The van der Waals surface area contributed by atoms with Gasteiger partial charge in [0.1, 0.15) is 5.82 Å².